The molecule has 0 fully saturated rings. The Hall–Kier alpha value is -2.15. The molecule has 2 aromatic rings. The second kappa shape index (κ2) is 8.63. The third-order valence-electron chi connectivity index (χ3n) is 3.36. The molecule has 2 aromatic carbocycles. The monoisotopic (exact) mass is 435 g/mol. The highest BCUT2D eigenvalue weighted by atomic mass is 127. The van der Waals surface area contributed by atoms with Crippen LogP contribution in [0, 0.1) is 10.5 Å². The van der Waals surface area contributed by atoms with Crippen LogP contribution in [0.25, 0.3) is 0 Å². The predicted molar refractivity (Wildman–Crippen MR) is 103 cm³/mol. The molecule has 0 bridgehead atoms. The van der Waals surface area contributed by atoms with E-state index in [4.69, 9.17) is 4.74 Å². The van der Waals surface area contributed by atoms with Crippen molar-refractivity contribution < 1.29 is 14.3 Å². The number of anilines is 1. The summed E-state index contributed by atoms with van der Waals surface area (Å²) in [5.41, 5.74) is 2.06. The SMILES string of the molecule is CCOC(=O)C(=CNc1ccc(I)cc1)C(=O)c1ccccc1C. The van der Waals surface area contributed by atoms with Gasteiger partial charge in [-0.3, -0.25) is 4.79 Å². The van der Waals surface area contributed by atoms with Crippen LogP contribution < -0.4 is 5.32 Å². The highest BCUT2D eigenvalue weighted by molar-refractivity contribution is 14.1. The molecule has 4 nitrogen and oxygen atoms in total. The Morgan fingerprint density at radius 3 is 2.42 bits per heavy atom. The number of hydrogen-bond acceptors (Lipinski definition) is 4. The molecule has 5 heteroatoms. The van der Waals surface area contributed by atoms with Gasteiger partial charge in [-0.2, -0.15) is 0 Å². The number of benzene rings is 2. The molecule has 0 aliphatic carbocycles. The quantitative estimate of drug-likeness (QED) is 0.183. The maximum Gasteiger partial charge on any atom is 0.343 e. The summed E-state index contributed by atoms with van der Waals surface area (Å²) in [7, 11) is 0. The van der Waals surface area contributed by atoms with Crippen molar-refractivity contribution in [3.63, 3.8) is 0 Å². The van der Waals surface area contributed by atoms with E-state index in [-0.39, 0.29) is 18.0 Å². The van der Waals surface area contributed by atoms with Crippen molar-refractivity contribution in [3.05, 3.63) is 75.0 Å². The molecular formula is C19H18INO3. The van der Waals surface area contributed by atoms with Crippen molar-refractivity contribution >= 4 is 40.0 Å². The number of esters is 1. The van der Waals surface area contributed by atoms with Gasteiger partial charge in [0.05, 0.1) is 6.61 Å². The predicted octanol–water partition coefficient (Wildman–Crippen LogP) is 4.34. The van der Waals surface area contributed by atoms with Gasteiger partial charge in [0.25, 0.3) is 0 Å². The smallest absolute Gasteiger partial charge is 0.343 e. The summed E-state index contributed by atoms with van der Waals surface area (Å²) in [6.07, 6.45) is 1.41. The molecule has 0 atom stereocenters. The lowest BCUT2D eigenvalue weighted by Crippen LogP contribution is -2.18. The molecule has 1 N–H and O–H groups in total. The number of carbonyl (C=O) groups is 2. The summed E-state index contributed by atoms with van der Waals surface area (Å²) in [6, 6.07) is 14.8. The number of hydrogen-bond donors (Lipinski definition) is 1. The Balaban J connectivity index is 2.32. The average Bonchev–Trinajstić information content (AvgIpc) is 2.57. The van der Waals surface area contributed by atoms with Crippen LogP contribution in [0.1, 0.15) is 22.8 Å². The van der Waals surface area contributed by atoms with Crippen LogP contribution in [-0.4, -0.2) is 18.4 Å². The average molecular weight is 435 g/mol. The molecule has 0 aliphatic heterocycles. The van der Waals surface area contributed by atoms with Crippen molar-refractivity contribution in [1.29, 1.82) is 0 Å². The molecule has 0 amide bonds. The first-order valence-corrected chi connectivity index (χ1v) is 8.60. The van der Waals surface area contributed by atoms with E-state index < -0.39 is 5.97 Å². The van der Waals surface area contributed by atoms with Crippen LogP contribution in [0.4, 0.5) is 5.69 Å². The summed E-state index contributed by atoms with van der Waals surface area (Å²) in [5.74, 6) is -0.992. The van der Waals surface area contributed by atoms with Gasteiger partial charge in [-0.05, 0) is 66.3 Å². The largest absolute Gasteiger partial charge is 0.462 e. The van der Waals surface area contributed by atoms with Crippen LogP contribution in [0.15, 0.2) is 60.3 Å². The molecule has 124 valence electrons. The molecule has 0 saturated heterocycles. The lowest BCUT2D eigenvalue weighted by atomic mass is 9.99. The molecule has 0 radical (unpaired) electrons. The van der Waals surface area contributed by atoms with Crippen molar-refractivity contribution in [2.45, 2.75) is 13.8 Å². The standard InChI is InChI=1S/C19H18INO3/c1-3-24-19(23)17(12-21-15-10-8-14(20)9-11-15)18(22)16-7-5-4-6-13(16)2/h4-12,21H,3H2,1-2H3. The minimum atomic E-state index is -0.635. The number of ketones is 1. The summed E-state index contributed by atoms with van der Waals surface area (Å²) in [5, 5.41) is 2.99. The summed E-state index contributed by atoms with van der Waals surface area (Å²) >= 11 is 2.21. The highest BCUT2D eigenvalue weighted by Crippen LogP contribution is 2.16. The van der Waals surface area contributed by atoms with E-state index in [1.165, 1.54) is 6.20 Å². The number of Topliss-reactive ketones (excluding diaryl/α,β-unsaturated/α-hetero) is 1. The maximum atomic E-state index is 12.7. The van der Waals surface area contributed by atoms with E-state index in [0.29, 0.717) is 5.56 Å². The van der Waals surface area contributed by atoms with Gasteiger partial charge in [-0.25, -0.2) is 4.79 Å². The number of aryl methyl sites for hydroxylation is 1. The maximum absolute atomic E-state index is 12.7. The van der Waals surface area contributed by atoms with E-state index in [1.54, 1.807) is 19.1 Å². The number of nitrogens with one attached hydrogen (secondary N) is 1. The van der Waals surface area contributed by atoms with Gasteiger partial charge in [0.15, 0.2) is 0 Å². The molecule has 0 saturated carbocycles. The van der Waals surface area contributed by atoms with Gasteiger partial charge in [0, 0.05) is 21.0 Å². The zero-order valence-corrected chi connectivity index (χ0v) is 15.7. The number of carbonyl (C=O) groups excluding carboxylic acids is 2. The third-order valence-corrected chi connectivity index (χ3v) is 4.08. The fourth-order valence-corrected chi connectivity index (χ4v) is 2.46. The van der Waals surface area contributed by atoms with E-state index in [9.17, 15) is 9.59 Å². The Morgan fingerprint density at radius 2 is 1.79 bits per heavy atom. The number of halogens is 1. The minimum absolute atomic E-state index is 0.0234. The molecule has 0 aliphatic rings. The second-order valence-corrected chi connectivity index (χ2v) is 6.32. The highest BCUT2D eigenvalue weighted by Gasteiger charge is 2.22. The fraction of sp³-hybridized carbons (Fsp3) is 0.158. The van der Waals surface area contributed by atoms with Crippen LogP contribution >= 0.6 is 22.6 Å². The van der Waals surface area contributed by atoms with Crippen LogP contribution in [-0.2, 0) is 9.53 Å². The molecule has 24 heavy (non-hydrogen) atoms. The Bertz CT molecular complexity index is 766. The molecule has 0 unspecified atom stereocenters. The van der Waals surface area contributed by atoms with E-state index in [1.807, 2.05) is 43.3 Å². The van der Waals surface area contributed by atoms with Crippen molar-refractivity contribution in [3.8, 4) is 0 Å². The Kier molecular flexibility index (Phi) is 6.54. The normalized spacial score (nSPS) is 11.0. The van der Waals surface area contributed by atoms with E-state index >= 15 is 0 Å². The number of ether oxygens (including phenoxy) is 1. The molecular weight excluding hydrogens is 417 g/mol. The topological polar surface area (TPSA) is 55.4 Å². The Labute approximate surface area is 155 Å². The van der Waals surface area contributed by atoms with Crippen molar-refractivity contribution in [2.24, 2.45) is 0 Å². The summed E-state index contributed by atoms with van der Waals surface area (Å²) in [6.45, 7) is 3.75. The first-order valence-electron chi connectivity index (χ1n) is 7.52. The lowest BCUT2D eigenvalue weighted by Gasteiger charge is -2.09. The zero-order valence-electron chi connectivity index (χ0n) is 13.5. The molecule has 2 rings (SSSR count). The summed E-state index contributed by atoms with van der Waals surface area (Å²) < 4.78 is 6.13. The first-order chi connectivity index (χ1) is 11.5. The first kappa shape index (κ1) is 18.2. The van der Waals surface area contributed by atoms with Crippen molar-refractivity contribution in [1.82, 2.24) is 0 Å². The molecule has 0 heterocycles. The van der Waals surface area contributed by atoms with Gasteiger partial charge in [-0.1, -0.05) is 24.3 Å². The molecule has 0 spiro atoms. The van der Waals surface area contributed by atoms with E-state index in [0.717, 1.165) is 14.8 Å². The zero-order chi connectivity index (χ0) is 17.5. The van der Waals surface area contributed by atoms with Crippen LogP contribution in [0.3, 0.4) is 0 Å². The van der Waals surface area contributed by atoms with Gasteiger partial charge >= 0.3 is 5.97 Å². The van der Waals surface area contributed by atoms with Crippen LogP contribution in [0.2, 0.25) is 0 Å². The van der Waals surface area contributed by atoms with Gasteiger partial charge in [-0.15, -0.1) is 0 Å². The summed E-state index contributed by atoms with van der Waals surface area (Å²) in [4.78, 5) is 24.9. The Morgan fingerprint density at radius 1 is 1.12 bits per heavy atom. The lowest BCUT2D eigenvalue weighted by molar-refractivity contribution is -0.138. The number of rotatable bonds is 6. The fourth-order valence-electron chi connectivity index (χ4n) is 2.10. The van der Waals surface area contributed by atoms with Gasteiger partial charge in [0.2, 0.25) is 5.78 Å². The third kappa shape index (κ3) is 4.67. The minimum Gasteiger partial charge on any atom is -0.462 e. The van der Waals surface area contributed by atoms with Crippen molar-refractivity contribution in [2.75, 3.05) is 11.9 Å². The van der Waals surface area contributed by atoms with Gasteiger partial charge < -0.3 is 10.1 Å². The van der Waals surface area contributed by atoms with Gasteiger partial charge in [0.1, 0.15) is 5.57 Å². The van der Waals surface area contributed by atoms with E-state index in [2.05, 4.69) is 27.9 Å². The molecule has 0 aromatic heterocycles. The second-order valence-electron chi connectivity index (χ2n) is 5.07. The van der Waals surface area contributed by atoms with Crippen LogP contribution in [0.5, 0.6) is 0 Å².